The maximum absolute atomic E-state index is 4.02. The minimum absolute atomic E-state index is 0.954. The number of rotatable bonds is 3. The molecule has 1 aromatic carbocycles. The summed E-state index contributed by atoms with van der Waals surface area (Å²) in [5.41, 5.74) is 3.21. The van der Waals surface area contributed by atoms with Crippen molar-refractivity contribution in [1.29, 1.82) is 0 Å². The SMILES string of the molecule is C=Nc1c(C=NC)cccc1CC. The van der Waals surface area contributed by atoms with E-state index in [1.807, 2.05) is 18.3 Å². The molecule has 0 saturated heterocycles. The molecule has 1 aromatic rings. The number of aryl methyl sites for hydroxylation is 1. The predicted molar refractivity (Wildman–Crippen MR) is 58.5 cm³/mol. The van der Waals surface area contributed by atoms with E-state index in [1.54, 1.807) is 7.05 Å². The van der Waals surface area contributed by atoms with Crippen LogP contribution in [0.15, 0.2) is 28.2 Å². The molecule has 0 aliphatic rings. The molecule has 0 aromatic heterocycles. The number of benzene rings is 1. The molecule has 2 nitrogen and oxygen atoms in total. The Morgan fingerprint density at radius 3 is 2.77 bits per heavy atom. The third-order valence-electron chi connectivity index (χ3n) is 1.96. The van der Waals surface area contributed by atoms with Crippen LogP contribution in [-0.2, 0) is 6.42 Å². The van der Waals surface area contributed by atoms with E-state index in [-0.39, 0.29) is 0 Å². The first-order chi connectivity index (χ1) is 6.33. The zero-order valence-electron chi connectivity index (χ0n) is 8.12. The van der Waals surface area contributed by atoms with E-state index in [4.69, 9.17) is 0 Å². The van der Waals surface area contributed by atoms with Gasteiger partial charge in [0.05, 0.1) is 5.69 Å². The van der Waals surface area contributed by atoms with Crippen LogP contribution < -0.4 is 0 Å². The topological polar surface area (TPSA) is 24.7 Å². The highest BCUT2D eigenvalue weighted by Gasteiger charge is 2.02. The predicted octanol–water partition coefficient (Wildman–Crippen LogP) is 2.63. The van der Waals surface area contributed by atoms with Gasteiger partial charge in [0.15, 0.2) is 0 Å². The highest BCUT2D eigenvalue weighted by Crippen LogP contribution is 2.22. The quantitative estimate of drug-likeness (QED) is 0.629. The van der Waals surface area contributed by atoms with Crippen LogP contribution in [0.5, 0.6) is 0 Å². The summed E-state index contributed by atoms with van der Waals surface area (Å²) in [5, 5.41) is 0. The van der Waals surface area contributed by atoms with Gasteiger partial charge in [0.2, 0.25) is 0 Å². The Balaban J connectivity index is 3.26. The normalized spacial score (nSPS) is 10.6. The molecule has 0 bridgehead atoms. The lowest BCUT2D eigenvalue weighted by atomic mass is 10.1. The molecular formula is C11H14N2. The fourth-order valence-corrected chi connectivity index (χ4v) is 1.33. The fraction of sp³-hybridized carbons (Fsp3) is 0.273. The molecule has 0 heterocycles. The van der Waals surface area contributed by atoms with Gasteiger partial charge in [0, 0.05) is 18.8 Å². The maximum atomic E-state index is 4.02. The van der Waals surface area contributed by atoms with Crippen molar-refractivity contribution < 1.29 is 0 Å². The first-order valence-corrected chi connectivity index (χ1v) is 4.34. The third kappa shape index (κ3) is 2.02. The molecule has 0 radical (unpaired) electrons. The Morgan fingerprint density at radius 2 is 2.23 bits per heavy atom. The summed E-state index contributed by atoms with van der Waals surface area (Å²) in [6.07, 6.45) is 2.78. The fourth-order valence-electron chi connectivity index (χ4n) is 1.33. The zero-order chi connectivity index (χ0) is 9.68. The minimum atomic E-state index is 0.954. The summed E-state index contributed by atoms with van der Waals surface area (Å²) in [6.45, 7) is 5.68. The second-order valence-electron chi connectivity index (χ2n) is 2.75. The summed E-state index contributed by atoms with van der Waals surface area (Å²) < 4.78 is 0. The minimum Gasteiger partial charge on any atom is -0.296 e. The number of nitrogens with zero attached hydrogens (tertiary/aromatic N) is 2. The number of aliphatic imine (C=N–C) groups is 2. The second kappa shape index (κ2) is 4.55. The van der Waals surface area contributed by atoms with Crippen LogP contribution in [0.1, 0.15) is 18.1 Å². The summed E-state index contributed by atoms with van der Waals surface area (Å²) >= 11 is 0. The van der Waals surface area contributed by atoms with E-state index < -0.39 is 0 Å². The van der Waals surface area contributed by atoms with Gasteiger partial charge in [0.25, 0.3) is 0 Å². The summed E-state index contributed by atoms with van der Waals surface area (Å²) in [4.78, 5) is 8.00. The van der Waals surface area contributed by atoms with Gasteiger partial charge >= 0.3 is 0 Å². The van der Waals surface area contributed by atoms with Gasteiger partial charge in [-0.05, 0) is 18.7 Å². The summed E-state index contributed by atoms with van der Waals surface area (Å²) in [5.74, 6) is 0. The molecule has 2 heteroatoms. The van der Waals surface area contributed by atoms with Crippen LogP contribution in [0.2, 0.25) is 0 Å². The molecule has 0 fully saturated rings. The van der Waals surface area contributed by atoms with Crippen LogP contribution in [0.4, 0.5) is 5.69 Å². The molecule has 0 N–H and O–H groups in total. The van der Waals surface area contributed by atoms with Crippen molar-refractivity contribution in [3.8, 4) is 0 Å². The highest BCUT2D eigenvalue weighted by atomic mass is 14.7. The summed E-state index contributed by atoms with van der Waals surface area (Å²) in [6, 6.07) is 6.08. The van der Waals surface area contributed by atoms with Crippen molar-refractivity contribution in [2.75, 3.05) is 7.05 Å². The average Bonchev–Trinajstić information content (AvgIpc) is 2.18. The van der Waals surface area contributed by atoms with Crippen molar-refractivity contribution in [3.05, 3.63) is 29.3 Å². The van der Waals surface area contributed by atoms with Gasteiger partial charge in [-0.3, -0.25) is 9.98 Å². The van der Waals surface area contributed by atoms with Gasteiger partial charge in [-0.15, -0.1) is 0 Å². The van der Waals surface area contributed by atoms with Crippen molar-refractivity contribution in [2.45, 2.75) is 13.3 Å². The maximum Gasteiger partial charge on any atom is 0.0741 e. The molecule has 68 valence electrons. The van der Waals surface area contributed by atoms with E-state index in [0.29, 0.717) is 0 Å². The molecule has 0 amide bonds. The lowest BCUT2D eigenvalue weighted by molar-refractivity contribution is 1.13. The Kier molecular flexibility index (Phi) is 3.38. The smallest absolute Gasteiger partial charge is 0.0741 e. The highest BCUT2D eigenvalue weighted by molar-refractivity contribution is 5.88. The lowest BCUT2D eigenvalue weighted by Gasteiger charge is -2.04. The molecule has 0 unspecified atom stereocenters. The largest absolute Gasteiger partial charge is 0.296 e. The van der Waals surface area contributed by atoms with Crippen LogP contribution in [-0.4, -0.2) is 20.0 Å². The first-order valence-electron chi connectivity index (χ1n) is 4.34. The molecule has 0 atom stereocenters. The van der Waals surface area contributed by atoms with E-state index >= 15 is 0 Å². The first kappa shape index (κ1) is 9.65. The zero-order valence-corrected chi connectivity index (χ0v) is 8.12. The molecule has 0 aliphatic carbocycles. The number of hydrogen-bond acceptors (Lipinski definition) is 2. The van der Waals surface area contributed by atoms with Gasteiger partial charge in [-0.1, -0.05) is 25.1 Å². The molecular weight excluding hydrogens is 160 g/mol. The van der Waals surface area contributed by atoms with E-state index in [2.05, 4.69) is 29.7 Å². The van der Waals surface area contributed by atoms with Crippen molar-refractivity contribution in [2.24, 2.45) is 9.98 Å². The van der Waals surface area contributed by atoms with E-state index in [0.717, 1.165) is 17.7 Å². The number of hydrogen-bond donors (Lipinski definition) is 0. The van der Waals surface area contributed by atoms with Crippen LogP contribution in [0.3, 0.4) is 0 Å². The number of para-hydroxylation sites is 1. The Morgan fingerprint density at radius 1 is 1.46 bits per heavy atom. The monoisotopic (exact) mass is 174 g/mol. The van der Waals surface area contributed by atoms with Crippen molar-refractivity contribution in [3.63, 3.8) is 0 Å². The molecule has 13 heavy (non-hydrogen) atoms. The Labute approximate surface area is 79.0 Å². The van der Waals surface area contributed by atoms with Crippen molar-refractivity contribution in [1.82, 2.24) is 0 Å². The van der Waals surface area contributed by atoms with E-state index in [1.165, 1.54) is 5.56 Å². The van der Waals surface area contributed by atoms with Crippen molar-refractivity contribution >= 4 is 18.6 Å². The van der Waals surface area contributed by atoms with Gasteiger partial charge in [0.1, 0.15) is 0 Å². The third-order valence-corrected chi connectivity index (χ3v) is 1.96. The lowest BCUT2D eigenvalue weighted by Crippen LogP contribution is -1.88. The molecule has 0 spiro atoms. The van der Waals surface area contributed by atoms with Crippen LogP contribution in [0, 0.1) is 0 Å². The molecule has 0 aliphatic heterocycles. The standard InChI is InChI=1S/C11H14N2/c1-4-9-6-5-7-10(8-12-2)11(9)13-3/h5-8H,3-4H2,1-2H3. The average molecular weight is 174 g/mol. The van der Waals surface area contributed by atoms with Gasteiger partial charge in [-0.2, -0.15) is 0 Å². The van der Waals surface area contributed by atoms with Crippen LogP contribution in [0.25, 0.3) is 0 Å². The molecule has 0 saturated carbocycles. The van der Waals surface area contributed by atoms with Gasteiger partial charge < -0.3 is 0 Å². The molecule has 1 rings (SSSR count). The van der Waals surface area contributed by atoms with E-state index in [9.17, 15) is 0 Å². The second-order valence-corrected chi connectivity index (χ2v) is 2.75. The Bertz CT molecular complexity index is 327. The Hall–Kier alpha value is -1.44. The van der Waals surface area contributed by atoms with Gasteiger partial charge in [-0.25, -0.2) is 0 Å². The summed E-state index contributed by atoms with van der Waals surface area (Å²) in [7, 11) is 1.76. The van der Waals surface area contributed by atoms with Crippen LogP contribution >= 0.6 is 0 Å².